The largest absolute Gasteiger partial charge is 0.481 e. The lowest BCUT2D eigenvalue weighted by Crippen LogP contribution is -2.44. The molecule has 2 aromatic rings. The van der Waals surface area contributed by atoms with E-state index in [0.717, 1.165) is 19.3 Å². The van der Waals surface area contributed by atoms with E-state index in [-0.39, 0.29) is 18.9 Å². The van der Waals surface area contributed by atoms with Crippen LogP contribution in [0, 0.1) is 5.92 Å². The SMILES string of the molecule is CNOC(CC=C(C1CCCCC1)C(Cc1ccccc1)n1ccnc1)(CC(=O)O)ONC. The van der Waals surface area contributed by atoms with Crippen molar-refractivity contribution in [1.29, 1.82) is 0 Å². The third kappa shape index (κ3) is 7.23. The smallest absolute Gasteiger partial charge is 0.308 e. The van der Waals surface area contributed by atoms with Crippen molar-refractivity contribution in [2.45, 2.75) is 63.2 Å². The zero-order chi connectivity index (χ0) is 23.5. The van der Waals surface area contributed by atoms with Crippen molar-refractivity contribution in [3.05, 3.63) is 66.3 Å². The molecule has 0 saturated heterocycles. The second-order valence-electron chi connectivity index (χ2n) is 8.55. The van der Waals surface area contributed by atoms with Crippen LogP contribution in [0.4, 0.5) is 0 Å². The molecule has 1 aromatic carbocycles. The number of allylic oxidation sites excluding steroid dienone is 1. The van der Waals surface area contributed by atoms with Gasteiger partial charge in [-0.15, -0.1) is 0 Å². The second kappa shape index (κ2) is 12.6. The van der Waals surface area contributed by atoms with Gasteiger partial charge < -0.3 is 9.67 Å². The van der Waals surface area contributed by atoms with Gasteiger partial charge in [-0.3, -0.25) is 14.5 Å². The molecule has 33 heavy (non-hydrogen) atoms. The van der Waals surface area contributed by atoms with Crippen molar-refractivity contribution in [2.75, 3.05) is 14.1 Å². The molecular weight excluding hydrogens is 420 g/mol. The van der Waals surface area contributed by atoms with Crippen LogP contribution in [-0.2, 0) is 20.9 Å². The van der Waals surface area contributed by atoms with Crippen LogP contribution in [0.3, 0.4) is 0 Å². The Morgan fingerprint density at radius 3 is 2.48 bits per heavy atom. The van der Waals surface area contributed by atoms with Gasteiger partial charge in [0.25, 0.3) is 0 Å². The number of aromatic nitrogens is 2. The fourth-order valence-electron chi connectivity index (χ4n) is 4.82. The van der Waals surface area contributed by atoms with E-state index in [0.29, 0.717) is 5.92 Å². The van der Waals surface area contributed by atoms with Crippen LogP contribution in [0.1, 0.15) is 56.6 Å². The summed E-state index contributed by atoms with van der Waals surface area (Å²) in [6, 6.07) is 10.5. The molecule has 1 aromatic heterocycles. The molecule has 1 atom stereocenters. The van der Waals surface area contributed by atoms with Gasteiger partial charge in [-0.05, 0) is 36.3 Å². The van der Waals surface area contributed by atoms with Crippen LogP contribution in [0.2, 0.25) is 0 Å². The molecule has 1 saturated carbocycles. The summed E-state index contributed by atoms with van der Waals surface area (Å²) in [7, 11) is 3.20. The standard InChI is InChI=1S/C25H36N4O4/c1-26-32-25(33-27-2,18-24(30)31)14-13-22(21-11-7-4-8-12-21)23(29-16-15-28-19-29)17-20-9-5-3-6-10-20/h3,5-6,9-10,13,15-16,19,21,23,26-27H,4,7-8,11-12,14,17-18H2,1-2H3,(H,30,31). The minimum atomic E-state index is -1.37. The Balaban J connectivity index is 2.00. The van der Waals surface area contributed by atoms with Gasteiger partial charge >= 0.3 is 5.97 Å². The highest BCUT2D eigenvalue weighted by Gasteiger charge is 2.36. The summed E-state index contributed by atoms with van der Waals surface area (Å²) < 4.78 is 2.16. The molecule has 0 radical (unpaired) electrons. The first-order chi connectivity index (χ1) is 16.1. The molecule has 0 aliphatic heterocycles. The quantitative estimate of drug-likeness (QED) is 0.238. The summed E-state index contributed by atoms with van der Waals surface area (Å²) >= 11 is 0. The van der Waals surface area contributed by atoms with Crippen molar-refractivity contribution < 1.29 is 19.6 Å². The highest BCUT2D eigenvalue weighted by Crippen LogP contribution is 2.38. The number of nitrogens with zero attached hydrogens (tertiary/aromatic N) is 2. The summed E-state index contributed by atoms with van der Waals surface area (Å²) in [4.78, 5) is 27.2. The van der Waals surface area contributed by atoms with Crippen LogP contribution in [0.25, 0.3) is 0 Å². The molecule has 0 amide bonds. The molecule has 180 valence electrons. The van der Waals surface area contributed by atoms with Gasteiger partial charge in [-0.1, -0.05) is 55.7 Å². The summed E-state index contributed by atoms with van der Waals surface area (Å²) in [6.45, 7) is 0. The molecule has 1 heterocycles. The third-order valence-electron chi connectivity index (χ3n) is 6.26. The van der Waals surface area contributed by atoms with Gasteiger partial charge in [-0.2, -0.15) is 0 Å². The number of rotatable bonds is 13. The molecule has 0 bridgehead atoms. The van der Waals surface area contributed by atoms with E-state index < -0.39 is 11.8 Å². The summed E-state index contributed by atoms with van der Waals surface area (Å²) in [5.41, 5.74) is 7.78. The summed E-state index contributed by atoms with van der Waals surface area (Å²) in [6.07, 6.45) is 14.5. The van der Waals surface area contributed by atoms with E-state index >= 15 is 0 Å². The maximum atomic E-state index is 11.6. The summed E-state index contributed by atoms with van der Waals surface area (Å²) in [5.74, 6) is -1.95. The van der Waals surface area contributed by atoms with Crippen LogP contribution in [0.15, 0.2) is 60.7 Å². The van der Waals surface area contributed by atoms with Crippen molar-refractivity contribution in [2.24, 2.45) is 5.92 Å². The molecule has 0 spiro atoms. The van der Waals surface area contributed by atoms with Gasteiger partial charge in [0, 0.05) is 32.9 Å². The first-order valence-corrected chi connectivity index (χ1v) is 11.7. The van der Waals surface area contributed by atoms with E-state index in [1.54, 1.807) is 20.3 Å². The Morgan fingerprint density at radius 2 is 1.91 bits per heavy atom. The van der Waals surface area contributed by atoms with Crippen molar-refractivity contribution in [3.8, 4) is 0 Å². The maximum absolute atomic E-state index is 11.6. The van der Waals surface area contributed by atoms with E-state index in [4.69, 9.17) is 9.68 Å². The van der Waals surface area contributed by atoms with Crippen molar-refractivity contribution in [3.63, 3.8) is 0 Å². The van der Waals surface area contributed by atoms with Crippen LogP contribution >= 0.6 is 0 Å². The Morgan fingerprint density at radius 1 is 1.21 bits per heavy atom. The number of carboxylic acid groups (broad SMARTS) is 1. The average Bonchev–Trinajstić information content (AvgIpc) is 3.34. The first kappa shape index (κ1) is 25.1. The number of benzene rings is 1. The molecule has 1 aliphatic rings. The zero-order valence-electron chi connectivity index (χ0n) is 19.6. The van der Waals surface area contributed by atoms with Crippen LogP contribution in [0.5, 0.6) is 0 Å². The third-order valence-corrected chi connectivity index (χ3v) is 6.26. The van der Waals surface area contributed by atoms with Crippen LogP contribution < -0.4 is 11.0 Å². The Kier molecular flexibility index (Phi) is 9.62. The molecule has 1 aliphatic carbocycles. The van der Waals surface area contributed by atoms with Crippen molar-refractivity contribution in [1.82, 2.24) is 20.5 Å². The van der Waals surface area contributed by atoms with Gasteiger partial charge in [0.2, 0.25) is 5.79 Å². The van der Waals surface area contributed by atoms with Gasteiger partial charge in [-0.25, -0.2) is 15.9 Å². The van der Waals surface area contributed by atoms with Crippen molar-refractivity contribution >= 4 is 5.97 Å². The highest BCUT2D eigenvalue weighted by molar-refractivity contribution is 5.67. The predicted octanol–water partition coefficient (Wildman–Crippen LogP) is 4.04. The minimum absolute atomic E-state index is 0.0738. The van der Waals surface area contributed by atoms with Gasteiger partial charge in [0.05, 0.1) is 12.4 Å². The second-order valence-corrected chi connectivity index (χ2v) is 8.55. The fraction of sp³-hybridized carbons (Fsp3) is 0.520. The van der Waals surface area contributed by atoms with E-state index in [9.17, 15) is 9.90 Å². The number of carboxylic acids is 1. The molecule has 8 nitrogen and oxygen atoms in total. The molecule has 1 fully saturated rings. The first-order valence-electron chi connectivity index (χ1n) is 11.7. The van der Waals surface area contributed by atoms with E-state index in [1.807, 2.05) is 18.6 Å². The predicted molar refractivity (Wildman–Crippen MR) is 126 cm³/mol. The Hall–Kier alpha value is -2.52. The topological polar surface area (TPSA) is 97.6 Å². The van der Waals surface area contributed by atoms with Gasteiger partial charge in [0.15, 0.2) is 0 Å². The lowest BCUT2D eigenvalue weighted by Gasteiger charge is -2.34. The van der Waals surface area contributed by atoms with Gasteiger partial charge in [0.1, 0.15) is 6.42 Å². The zero-order valence-corrected chi connectivity index (χ0v) is 19.6. The van der Waals surface area contributed by atoms with Crippen LogP contribution in [-0.4, -0.2) is 40.5 Å². The molecule has 3 rings (SSSR count). The summed E-state index contributed by atoms with van der Waals surface area (Å²) in [5, 5.41) is 9.52. The normalized spacial score (nSPS) is 16.6. The Labute approximate surface area is 195 Å². The number of hydroxylamine groups is 2. The number of imidazole rings is 1. The molecule has 1 unspecified atom stereocenters. The number of nitrogens with one attached hydrogen (secondary N) is 2. The highest BCUT2D eigenvalue weighted by atomic mass is 16.8. The molecule has 3 N–H and O–H groups in total. The monoisotopic (exact) mass is 456 g/mol. The average molecular weight is 457 g/mol. The fourth-order valence-corrected chi connectivity index (χ4v) is 4.82. The van der Waals surface area contributed by atoms with E-state index in [1.165, 1.54) is 30.4 Å². The minimum Gasteiger partial charge on any atom is -0.481 e. The number of hydrogen-bond donors (Lipinski definition) is 3. The lowest BCUT2D eigenvalue weighted by atomic mass is 9.78. The maximum Gasteiger partial charge on any atom is 0.308 e. The Bertz CT molecular complexity index is 858. The molecular formula is C25H36N4O4. The number of carbonyl (C=O) groups is 1. The molecule has 8 heteroatoms. The van der Waals surface area contributed by atoms with E-state index in [2.05, 4.69) is 50.9 Å². The number of aliphatic carboxylic acids is 1. The number of hydrogen-bond acceptors (Lipinski definition) is 6. The lowest BCUT2D eigenvalue weighted by molar-refractivity contribution is -0.288.